The molecular formula is C27H34ClFN4O2S2. The van der Waals surface area contributed by atoms with E-state index < -0.39 is 20.7 Å². The molecule has 1 aliphatic rings. The Hall–Kier alpha value is -2.20. The van der Waals surface area contributed by atoms with E-state index in [2.05, 4.69) is 28.9 Å². The van der Waals surface area contributed by atoms with Crippen LogP contribution in [0, 0.1) is 25.6 Å². The van der Waals surface area contributed by atoms with Crippen LogP contribution in [0.2, 0.25) is 5.02 Å². The van der Waals surface area contributed by atoms with Crippen LogP contribution < -0.4 is 9.21 Å². The van der Waals surface area contributed by atoms with Gasteiger partial charge >= 0.3 is 0 Å². The molecule has 1 saturated heterocycles. The van der Waals surface area contributed by atoms with Crippen molar-refractivity contribution in [3.63, 3.8) is 0 Å². The second-order valence-corrected chi connectivity index (χ2v) is 13.1. The van der Waals surface area contributed by atoms with Gasteiger partial charge in [-0.05, 0) is 82.4 Å². The second kappa shape index (κ2) is 11.7. The maximum absolute atomic E-state index is 15.5. The van der Waals surface area contributed by atoms with Crippen molar-refractivity contribution >= 4 is 43.8 Å². The normalized spacial score (nSPS) is 16.1. The monoisotopic (exact) mass is 564 g/mol. The molecule has 0 bridgehead atoms. The molecule has 0 N–H and O–H groups in total. The standard InChI is InChI=1S/C27H34ClFN4O2S2/c1-19-7-8-22(14-20(19)2)18-33(27-30-10-13-36-27)37(34,35)26-15-23(28)25(16-24(26)29)32-12-9-21(17-32)6-5-11-31(3)4/h7-8,10,13-16,21H,5-6,9,11-12,17-18H2,1-4H3. The molecule has 0 saturated carbocycles. The van der Waals surface area contributed by atoms with Crippen molar-refractivity contribution in [2.45, 2.75) is 44.6 Å². The fourth-order valence-electron chi connectivity index (χ4n) is 4.72. The van der Waals surface area contributed by atoms with E-state index in [9.17, 15) is 8.42 Å². The number of rotatable bonds is 10. The second-order valence-electron chi connectivity index (χ2n) is 10.0. The molecule has 2 heterocycles. The number of halogens is 2. The molecule has 4 rings (SSSR count). The molecule has 2 aromatic carbocycles. The summed E-state index contributed by atoms with van der Waals surface area (Å²) in [6.45, 7) is 6.61. The lowest BCUT2D eigenvalue weighted by Gasteiger charge is -2.24. The predicted octanol–water partition coefficient (Wildman–Crippen LogP) is 6.12. The highest BCUT2D eigenvalue weighted by atomic mass is 35.5. The molecule has 1 unspecified atom stereocenters. The highest BCUT2D eigenvalue weighted by molar-refractivity contribution is 7.93. The number of aromatic nitrogens is 1. The Morgan fingerprint density at radius 1 is 1.19 bits per heavy atom. The number of sulfonamides is 1. The summed E-state index contributed by atoms with van der Waals surface area (Å²) >= 11 is 7.79. The maximum atomic E-state index is 15.5. The van der Waals surface area contributed by atoms with Crippen molar-refractivity contribution < 1.29 is 12.8 Å². The van der Waals surface area contributed by atoms with Crippen LogP contribution in [0.5, 0.6) is 0 Å². The largest absolute Gasteiger partial charge is 0.370 e. The van der Waals surface area contributed by atoms with Crippen molar-refractivity contribution in [1.82, 2.24) is 9.88 Å². The quantitative estimate of drug-likeness (QED) is 0.297. The Morgan fingerprint density at radius 2 is 1.97 bits per heavy atom. The molecular weight excluding hydrogens is 531 g/mol. The van der Waals surface area contributed by atoms with Gasteiger partial charge in [0.15, 0.2) is 5.13 Å². The Labute approximate surface area is 228 Å². The molecule has 0 amide bonds. The Morgan fingerprint density at radius 3 is 2.65 bits per heavy atom. The first-order chi connectivity index (χ1) is 17.6. The van der Waals surface area contributed by atoms with Crippen LogP contribution in [0.15, 0.2) is 46.8 Å². The van der Waals surface area contributed by atoms with Crippen LogP contribution in [-0.2, 0) is 16.6 Å². The summed E-state index contributed by atoms with van der Waals surface area (Å²) in [4.78, 5) is 8.02. The lowest BCUT2D eigenvalue weighted by atomic mass is 10.0. The number of hydrogen-bond acceptors (Lipinski definition) is 6. The van der Waals surface area contributed by atoms with E-state index in [0.717, 1.165) is 59.9 Å². The maximum Gasteiger partial charge on any atom is 0.269 e. The lowest BCUT2D eigenvalue weighted by molar-refractivity contribution is 0.373. The molecule has 1 atom stereocenters. The Kier molecular flexibility index (Phi) is 8.78. The molecule has 0 aliphatic carbocycles. The van der Waals surface area contributed by atoms with Crippen molar-refractivity contribution in [2.24, 2.45) is 5.92 Å². The predicted molar refractivity (Wildman–Crippen MR) is 151 cm³/mol. The van der Waals surface area contributed by atoms with E-state index in [1.54, 1.807) is 5.38 Å². The summed E-state index contributed by atoms with van der Waals surface area (Å²) < 4.78 is 44.3. The molecule has 37 heavy (non-hydrogen) atoms. The SMILES string of the molecule is Cc1ccc(CN(c2nccs2)S(=O)(=O)c2cc(Cl)c(N3CCC(CCCN(C)C)C3)cc2F)cc1C. The van der Waals surface area contributed by atoms with E-state index in [-0.39, 0.29) is 16.7 Å². The van der Waals surface area contributed by atoms with Gasteiger partial charge in [-0.15, -0.1) is 11.3 Å². The summed E-state index contributed by atoms with van der Waals surface area (Å²) in [5, 5.41) is 2.21. The van der Waals surface area contributed by atoms with Crippen molar-refractivity contribution in [2.75, 3.05) is 42.9 Å². The van der Waals surface area contributed by atoms with Gasteiger partial charge in [-0.2, -0.15) is 0 Å². The molecule has 6 nitrogen and oxygen atoms in total. The van der Waals surface area contributed by atoms with Gasteiger partial charge in [0.2, 0.25) is 0 Å². The van der Waals surface area contributed by atoms with Gasteiger partial charge in [-0.3, -0.25) is 0 Å². The van der Waals surface area contributed by atoms with Crippen LogP contribution >= 0.6 is 22.9 Å². The third-order valence-electron chi connectivity index (χ3n) is 6.94. The zero-order valence-electron chi connectivity index (χ0n) is 21.7. The third kappa shape index (κ3) is 6.45. The molecule has 10 heteroatoms. The minimum Gasteiger partial charge on any atom is -0.370 e. The zero-order valence-corrected chi connectivity index (χ0v) is 24.1. The number of hydrogen-bond donors (Lipinski definition) is 0. The summed E-state index contributed by atoms with van der Waals surface area (Å²) in [7, 11) is -0.139. The van der Waals surface area contributed by atoms with E-state index in [0.29, 0.717) is 11.6 Å². The lowest BCUT2D eigenvalue weighted by Crippen LogP contribution is -2.31. The highest BCUT2D eigenvalue weighted by Gasteiger charge is 2.32. The topological polar surface area (TPSA) is 56.8 Å². The van der Waals surface area contributed by atoms with Gasteiger partial charge in [-0.25, -0.2) is 22.1 Å². The van der Waals surface area contributed by atoms with Crippen LogP contribution in [0.4, 0.5) is 15.2 Å². The van der Waals surface area contributed by atoms with Gasteiger partial charge in [0.05, 0.1) is 17.3 Å². The van der Waals surface area contributed by atoms with Crippen LogP contribution in [0.3, 0.4) is 0 Å². The number of benzene rings is 2. The molecule has 1 aliphatic heterocycles. The number of aryl methyl sites for hydroxylation is 2. The van der Waals surface area contributed by atoms with E-state index >= 15 is 4.39 Å². The summed E-state index contributed by atoms with van der Waals surface area (Å²) in [6.07, 6.45) is 4.76. The molecule has 1 aromatic heterocycles. The molecule has 0 spiro atoms. The first kappa shape index (κ1) is 27.8. The van der Waals surface area contributed by atoms with Crippen molar-refractivity contribution in [1.29, 1.82) is 0 Å². The first-order valence-electron chi connectivity index (χ1n) is 12.4. The molecule has 3 aromatic rings. The summed E-state index contributed by atoms with van der Waals surface area (Å²) in [6, 6.07) is 8.30. The smallest absolute Gasteiger partial charge is 0.269 e. The Bertz CT molecular complexity index is 1330. The van der Waals surface area contributed by atoms with E-state index in [1.807, 2.05) is 32.0 Å². The van der Waals surface area contributed by atoms with Crippen molar-refractivity contribution in [3.05, 3.63) is 69.4 Å². The molecule has 1 fully saturated rings. The minimum atomic E-state index is -4.27. The van der Waals surface area contributed by atoms with E-state index in [4.69, 9.17) is 11.6 Å². The highest BCUT2D eigenvalue weighted by Crippen LogP contribution is 2.37. The summed E-state index contributed by atoms with van der Waals surface area (Å²) in [5.41, 5.74) is 3.51. The fourth-order valence-corrected chi connectivity index (χ4v) is 7.42. The Balaban J connectivity index is 1.59. The first-order valence-corrected chi connectivity index (χ1v) is 15.1. The third-order valence-corrected chi connectivity index (χ3v) is 9.91. The average Bonchev–Trinajstić information content (AvgIpc) is 3.53. The van der Waals surface area contributed by atoms with Gasteiger partial charge in [0, 0.05) is 30.7 Å². The minimum absolute atomic E-state index is 0.0382. The van der Waals surface area contributed by atoms with Crippen molar-refractivity contribution in [3.8, 4) is 0 Å². The van der Waals surface area contributed by atoms with Gasteiger partial charge in [0.25, 0.3) is 10.0 Å². The van der Waals surface area contributed by atoms with Crippen LogP contribution in [-0.4, -0.2) is 52.0 Å². The fraction of sp³-hybridized carbons (Fsp3) is 0.444. The van der Waals surface area contributed by atoms with Gasteiger partial charge < -0.3 is 9.80 Å². The number of anilines is 2. The van der Waals surface area contributed by atoms with Gasteiger partial charge in [-0.1, -0.05) is 29.8 Å². The van der Waals surface area contributed by atoms with E-state index in [1.165, 1.54) is 29.7 Å². The number of thiazole rings is 1. The van der Waals surface area contributed by atoms with Gasteiger partial charge in [0.1, 0.15) is 10.7 Å². The zero-order chi connectivity index (χ0) is 26.7. The number of nitrogens with zero attached hydrogens (tertiary/aromatic N) is 4. The average molecular weight is 565 g/mol. The van der Waals surface area contributed by atoms with Crippen LogP contribution in [0.1, 0.15) is 36.0 Å². The molecule has 200 valence electrons. The summed E-state index contributed by atoms with van der Waals surface area (Å²) in [5.74, 6) is -0.294. The molecule has 0 radical (unpaired) electrons. The van der Waals surface area contributed by atoms with Crippen LogP contribution in [0.25, 0.3) is 0 Å².